The van der Waals surface area contributed by atoms with Gasteiger partial charge in [-0.1, -0.05) is 44.7 Å². The van der Waals surface area contributed by atoms with Crippen molar-refractivity contribution in [1.82, 2.24) is 0 Å². The number of rotatable bonds is 7. The standard InChI is InChI=1S/C15H29BO2/c1-6-7-8-9-10-11-12-13-16-17-14(2,3)15(4,5)18-16/h12-13H,6-11H2,1-5H3/b13-12+. The van der Waals surface area contributed by atoms with Crippen LogP contribution in [0.4, 0.5) is 0 Å². The lowest BCUT2D eigenvalue weighted by molar-refractivity contribution is 0.00578. The summed E-state index contributed by atoms with van der Waals surface area (Å²) in [5.41, 5.74) is -0.438. The highest BCUT2D eigenvalue weighted by Gasteiger charge is 2.49. The van der Waals surface area contributed by atoms with Crippen molar-refractivity contribution in [2.24, 2.45) is 0 Å². The molecule has 0 bridgehead atoms. The summed E-state index contributed by atoms with van der Waals surface area (Å²) in [6.45, 7) is 10.6. The van der Waals surface area contributed by atoms with E-state index in [2.05, 4.69) is 46.7 Å². The van der Waals surface area contributed by atoms with Crippen molar-refractivity contribution in [3.63, 3.8) is 0 Å². The van der Waals surface area contributed by atoms with Crippen LogP contribution in [0.2, 0.25) is 0 Å². The molecule has 1 saturated heterocycles. The van der Waals surface area contributed by atoms with Gasteiger partial charge in [-0.15, -0.1) is 0 Å². The van der Waals surface area contributed by atoms with Gasteiger partial charge in [-0.3, -0.25) is 0 Å². The molecule has 0 aromatic rings. The van der Waals surface area contributed by atoms with E-state index in [9.17, 15) is 0 Å². The van der Waals surface area contributed by atoms with E-state index < -0.39 is 0 Å². The highest BCUT2D eigenvalue weighted by molar-refractivity contribution is 6.51. The number of unbranched alkanes of at least 4 members (excludes halogenated alkanes) is 5. The Bertz CT molecular complexity index is 256. The second-order valence-electron chi connectivity index (χ2n) is 6.26. The fourth-order valence-electron chi connectivity index (χ4n) is 2.04. The van der Waals surface area contributed by atoms with Gasteiger partial charge < -0.3 is 9.31 Å². The first-order chi connectivity index (χ1) is 8.39. The van der Waals surface area contributed by atoms with Gasteiger partial charge in [0.15, 0.2) is 0 Å². The summed E-state index contributed by atoms with van der Waals surface area (Å²) in [6.07, 6.45) is 9.98. The van der Waals surface area contributed by atoms with Gasteiger partial charge in [-0.2, -0.15) is 0 Å². The zero-order chi connectivity index (χ0) is 13.6. The molecule has 1 aliphatic rings. The molecule has 1 rings (SSSR count). The molecule has 1 fully saturated rings. The molecule has 1 aliphatic heterocycles. The van der Waals surface area contributed by atoms with Crippen LogP contribution in [-0.2, 0) is 9.31 Å². The zero-order valence-electron chi connectivity index (χ0n) is 12.8. The first-order valence-corrected chi connectivity index (χ1v) is 7.41. The Morgan fingerprint density at radius 3 is 2.00 bits per heavy atom. The third-order valence-electron chi connectivity index (χ3n) is 4.04. The molecular formula is C15H29BO2. The van der Waals surface area contributed by atoms with Crippen LogP contribution in [0, 0.1) is 0 Å². The van der Waals surface area contributed by atoms with E-state index in [4.69, 9.17) is 9.31 Å². The maximum absolute atomic E-state index is 5.90. The van der Waals surface area contributed by atoms with Crippen LogP contribution in [0.3, 0.4) is 0 Å². The molecule has 0 aromatic carbocycles. The lowest BCUT2D eigenvalue weighted by Crippen LogP contribution is -2.41. The predicted octanol–water partition coefficient (Wildman–Crippen LogP) is 4.53. The molecule has 3 heteroatoms. The third kappa shape index (κ3) is 4.44. The molecule has 0 unspecified atom stereocenters. The Morgan fingerprint density at radius 2 is 1.44 bits per heavy atom. The quantitative estimate of drug-likeness (QED) is 0.489. The summed E-state index contributed by atoms with van der Waals surface area (Å²) in [6, 6.07) is 0. The van der Waals surface area contributed by atoms with Crippen LogP contribution in [0.25, 0.3) is 0 Å². The molecule has 2 nitrogen and oxygen atoms in total. The van der Waals surface area contributed by atoms with E-state index in [1.165, 1.54) is 32.1 Å². The van der Waals surface area contributed by atoms with Gasteiger partial charge >= 0.3 is 7.12 Å². The molecule has 0 amide bonds. The largest absolute Gasteiger partial charge is 0.486 e. The van der Waals surface area contributed by atoms with Crippen molar-refractivity contribution >= 4 is 7.12 Å². The van der Waals surface area contributed by atoms with E-state index in [1.807, 2.05) is 0 Å². The highest BCUT2D eigenvalue weighted by atomic mass is 16.7. The Balaban J connectivity index is 2.20. The van der Waals surface area contributed by atoms with Crippen molar-refractivity contribution < 1.29 is 9.31 Å². The molecule has 0 saturated carbocycles. The second kappa shape index (κ2) is 6.77. The Morgan fingerprint density at radius 1 is 0.889 bits per heavy atom. The average molecular weight is 252 g/mol. The SMILES string of the molecule is CCCCCCC/C=C/B1OC(C)(C)C(C)(C)O1. The summed E-state index contributed by atoms with van der Waals surface area (Å²) >= 11 is 0. The number of hydrogen-bond donors (Lipinski definition) is 0. The smallest absolute Gasteiger partial charge is 0.400 e. The van der Waals surface area contributed by atoms with Gasteiger partial charge in [0.2, 0.25) is 0 Å². The lowest BCUT2D eigenvalue weighted by atomic mass is 9.89. The van der Waals surface area contributed by atoms with Crippen LogP contribution < -0.4 is 0 Å². The van der Waals surface area contributed by atoms with Crippen LogP contribution >= 0.6 is 0 Å². The molecular weight excluding hydrogens is 223 g/mol. The van der Waals surface area contributed by atoms with Crippen molar-refractivity contribution in [3.8, 4) is 0 Å². The average Bonchev–Trinajstić information content (AvgIpc) is 2.46. The normalized spacial score (nSPS) is 21.9. The third-order valence-corrected chi connectivity index (χ3v) is 4.04. The first-order valence-electron chi connectivity index (χ1n) is 7.41. The summed E-state index contributed by atoms with van der Waals surface area (Å²) in [5.74, 6) is 2.07. The minimum atomic E-state index is -0.219. The first kappa shape index (κ1) is 15.8. The van der Waals surface area contributed by atoms with E-state index >= 15 is 0 Å². The second-order valence-corrected chi connectivity index (χ2v) is 6.26. The predicted molar refractivity (Wildman–Crippen MR) is 78.6 cm³/mol. The summed E-state index contributed by atoms with van der Waals surface area (Å²) in [5, 5.41) is 0. The topological polar surface area (TPSA) is 18.5 Å². The van der Waals surface area contributed by atoms with E-state index in [0.29, 0.717) is 0 Å². The molecule has 0 N–H and O–H groups in total. The summed E-state index contributed by atoms with van der Waals surface area (Å²) in [4.78, 5) is 0. The van der Waals surface area contributed by atoms with Crippen LogP contribution in [0.1, 0.15) is 73.1 Å². The Labute approximate surface area is 113 Å². The molecule has 0 radical (unpaired) electrons. The number of allylic oxidation sites excluding steroid dienone is 1. The van der Waals surface area contributed by atoms with Crippen LogP contribution in [-0.4, -0.2) is 18.3 Å². The maximum atomic E-state index is 5.90. The molecule has 0 atom stereocenters. The maximum Gasteiger partial charge on any atom is 0.486 e. The van der Waals surface area contributed by atoms with E-state index in [-0.39, 0.29) is 18.3 Å². The molecule has 1 heterocycles. The van der Waals surface area contributed by atoms with Crippen LogP contribution in [0.15, 0.2) is 12.1 Å². The Kier molecular flexibility index (Phi) is 5.93. The summed E-state index contributed by atoms with van der Waals surface area (Å²) in [7, 11) is -0.175. The Hall–Kier alpha value is -0.275. The molecule has 0 spiro atoms. The lowest BCUT2D eigenvalue weighted by Gasteiger charge is -2.32. The van der Waals surface area contributed by atoms with Gasteiger partial charge in [0.1, 0.15) is 0 Å². The molecule has 0 aromatic heterocycles. The van der Waals surface area contributed by atoms with Crippen molar-refractivity contribution in [2.45, 2.75) is 84.3 Å². The van der Waals surface area contributed by atoms with Gasteiger partial charge in [0, 0.05) is 0 Å². The van der Waals surface area contributed by atoms with Gasteiger partial charge in [0.05, 0.1) is 11.2 Å². The van der Waals surface area contributed by atoms with Gasteiger partial charge in [0.25, 0.3) is 0 Å². The van der Waals surface area contributed by atoms with Gasteiger partial charge in [-0.05, 0) is 40.5 Å². The van der Waals surface area contributed by atoms with E-state index in [1.54, 1.807) is 0 Å². The zero-order valence-corrected chi connectivity index (χ0v) is 12.8. The van der Waals surface area contributed by atoms with Crippen molar-refractivity contribution in [2.75, 3.05) is 0 Å². The minimum absolute atomic E-state index is 0.175. The summed E-state index contributed by atoms with van der Waals surface area (Å²) < 4.78 is 11.8. The highest BCUT2D eigenvalue weighted by Crippen LogP contribution is 2.36. The molecule has 18 heavy (non-hydrogen) atoms. The van der Waals surface area contributed by atoms with Gasteiger partial charge in [-0.25, -0.2) is 0 Å². The van der Waals surface area contributed by atoms with Crippen LogP contribution in [0.5, 0.6) is 0 Å². The monoisotopic (exact) mass is 252 g/mol. The van der Waals surface area contributed by atoms with E-state index in [0.717, 1.165) is 6.42 Å². The number of hydrogen-bond acceptors (Lipinski definition) is 2. The fourth-order valence-corrected chi connectivity index (χ4v) is 2.04. The van der Waals surface area contributed by atoms with Crippen molar-refractivity contribution in [1.29, 1.82) is 0 Å². The minimum Gasteiger partial charge on any atom is -0.400 e. The fraction of sp³-hybridized carbons (Fsp3) is 0.867. The molecule has 0 aliphatic carbocycles. The molecule has 104 valence electrons. The van der Waals surface area contributed by atoms with Crippen molar-refractivity contribution in [3.05, 3.63) is 12.1 Å².